The Labute approximate surface area is 129 Å². The van der Waals surface area contributed by atoms with Gasteiger partial charge in [0.1, 0.15) is 11.6 Å². The van der Waals surface area contributed by atoms with Gasteiger partial charge in [-0.2, -0.15) is 0 Å². The molecule has 3 rings (SSSR count). The van der Waals surface area contributed by atoms with Crippen molar-refractivity contribution in [1.29, 1.82) is 0 Å². The number of likely N-dealkylation sites (tertiary alicyclic amines) is 1. The van der Waals surface area contributed by atoms with Crippen LogP contribution in [0.4, 0.5) is 9.18 Å². The lowest BCUT2D eigenvalue weighted by Crippen LogP contribution is -2.39. The molecular weight excluding hydrogens is 281 g/mol. The van der Waals surface area contributed by atoms with E-state index in [1.807, 2.05) is 30.3 Å². The maximum atomic E-state index is 13.0. The molecule has 1 aliphatic heterocycles. The monoisotopic (exact) mass is 299 g/mol. The molecule has 0 bridgehead atoms. The first-order valence-electron chi connectivity index (χ1n) is 7.49. The van der Waals surface area contributed by atoms with E-state index in [2.05, 4.69) is 0 Å². The quantitative estimate of drug-likeness (QED) is 0.831. The van der Waals surface area contributed by atoms with Crippen molar-refractivity contribution in [2.75, 3.05) is 13.1 Å². The van der Waals surface area contributed by atoms with Gasteiger partial charge in [0.25, 0.3) is 0 Å². The standard InChI is InChI=1S/C18H18FNO2/c19-16-8-6-14(7-9-16)15-10-12-20(13-11-15)18(21)22-17-4-2-1-3-5-17/h1-9,15H,10-13H2. The van der Waals surface area contributed by atoms with Crippen molar-refractivity contribution in [3.8, 4) is 5.75 Å². The molecule has 0 aromatic heterocycles. The van der Waals surface area contributed by atoms with E-state index in [0.717, 1.165) is 18.4 Å². The molecule has 1 fully saturated rings. The summed E-state index contributed by atoms with van der Waals surface area (Å²) in [5.41, 5.74) is 1.14. The van der Waals surface area contributed by atoms with Gasteiger partial charge in [-0.05, 0) is 48.6 Å². The molecule has 0 saturated carbocycles. The largest absolute Gasteiger partial charge is 0.415 e. The molecule has 3 nitrogen and oxygen atoms in total. The fourth-order valence-electron chi connectivity index (χ4n) is 2.78. The molecule has 0 spiro atoms. The van der Waals surface area contributed by atoms with E-state index < -0.39 is 0 Å². The molecule has 1 heterocycles. The van der Waals surface area contributed by atoms with E-state index in [1.165, 1.54) is 12.1 Å². The van der Waals surface area contributed by atoms with E-state index in [-0.39, 0.29) is 11.9 Å². The Morgan fingerprint density at radius 2 is 1.64 bits per heavy atom. The molecule has 0 N–H and O–H groups in total. The number of carbonyl (C=O) groups is 1. The molecule has 0 atom stereocenters. The lowest BCUT2D eigenvalue weighted by atomic mass is 9.89. The number of nitrogens with zero attached hydrogens (tertiary/aromatic N) is 1. The first-order valence-corrected chi connectivity index (χ1v) is 7.49. The first-order chi connectivity index (χ1) is 10.7. The molecule has 4 heteroatoms. The zero-order valence-electron chi connectivity index (χ0n) is 12.2. The summed E-state index contributed by atoms with van der Waals surface area (Å²) in [5.74, 6) is 0.724. The highest BCUT2D eigenvalue weighted by Crippen LogP contribution is 2.28. The SMILES string of the molecule is O=C(Oc1ccccc1)N1CCC(c2ccc(F)cc2)CC1. The van der Waals surface area contributed by atoms with Crippen LogP contribution >= 0.6 is 0 Å². The molecule has 0 radical (unpaired) electrons. The van der Waals surface area contributed by atoms with Crippen LogP contribution in [0.5, 0.6) is 5.75 Å². The van der Waals surface area contributed by atoms with Crippen LogP contribution in [0.15, 0.2) is 54.6 Å². The summed E-state index contributed by atoms with van der Waals surface area (Å²) in [4.78, 5) is 13.8. The van der Waals surface area contributed by atoms with Crippen LogP contribution in [0, 0.1) is 5.82 Å². The number of rotatable bonds is 2. The number of para-hydroxylation sites is 1. The Morgan fingerprint density at radius 3 is 2.27 bits per heavy atom. The smallest absolute Gasteiger partial charge is 0.410 e. The summed E-state index contributed by atoms with van der Waals surface area (Å²) in [5, 5.41) is 0. The third kappa shape index (κ3) is 3.45. The summed E-state index contributed by atoms with van der Waals surface area (Å²) in [6.45, 7) is 1.32. The minimum Gasteiger partial charge on any atom is -0.410 e. The van der Waals surface area contributed by atoms with Crippen LogP contribution < -0.4 is 4.74 Å². The molecule has 1 aliphatic rings. The molecule has 114 valence electrons. The molecule has 0 unspecified atom stereocenters. The van der Waals surface area contributed by atoms with Crippen molar-refractivity contribution in [2.24, 2.45) is 0 Å². The predicted molar refractivity (Wildman–Crippen MR) is 82.4 cm³/mol. The lowest BCUT2D eigenvalue weighted by molar-refractivity contribution is 0.138. The molecule has 1 amide bonds. The number of piperidine rings is 1. The van der Waals surface area contributed by atoms with Gasteiger partial charge in [-0.3, -0.25) is 0 Å². The highest BCUT2D eigenvalue weighted by atomic mass is 19.1. The Balaban J connectivity index is 1.55. The summed E-state index contributed by atoms with van der Waals surface area (Å²) in [6.07, 6.45) is 1.44. The van der Waals surface area contributed by atoms with Crippen LogP contribution in [0.25, 0.3) is 0 Å². The fourth-order valence-corrected chi connectivity index (χ4v) is 2.78. The van der Waals surface area contributed by atoms with Gasteiger partial charge in [0.15, 0.2) is 0 Å². The molecule has 2 aromatic rings. The number of hydrogen-bond donors (Lipinski definition) is 0. The number of hydrogen-bond acceptors (Lipinski definition) is 2. The van der Waals surface area contributed by atoms with Gasteiger partial charge in [0.05, 0.1) is 0 Å². The van der Waals surface area contributed by atoms with E-state index in [9.17, 15) is 9.18 Å². The number of halogens is 1. The van der Waals surface area contributed by atoms with Gasteiger partial charge >= 0.3 is 6.09 Å². The molecule has 22 heavy (non-hydrogen) atoms. The molecular formula is C18H18FNO2. The minimum absolute atomic E-state index is 0.215. The topological polar surface area (TPSA) is 29.5 Å². The van der Waals surface area contributed by atoms with Crippen LogP contribution in [-0.2, 0) is 0 Å². The fraction of sp³-hybridized carbons (Fsp3) is 0.278. The summed E-state index contributed by atoms with van der Waals surface area (Å²) >= 11 is 0. The van der Waals surface area contributed by atoms with Crippen LogP contribution in [0.3, 0.4) is 0 Å². The van der Waals surface area contributed by atoms with Crippen LogP contribution in [0.2, 0.25) is 0 Å². The number of benzene rings is 2. The van der Waals surface area contributed by atoms with Crippen molar-refractivity contribution in [3.05, 3.63) is 66.0 Å². The van der Waals surface area contributed by atoms with Gasteiger partial charge in [0, 0.05) is 13.1 Å². The zero-order chi connectivity index (χ0) is 15.4. The Bertz CT molecular complexity index is 619. The number of amides is 1. The molecule has 2 aromatic carbocycles. The van der Waals surface area contributed by atoms with Crippen molar-refractivity contribution in [1.82, 2.24) is 4.90 Å². The maximum Gasteiger partial charge on any atom is 0.415 e. The van der Waals surface area contributed by atoms with E-state index in [0.29, 0.717) is 24.8 Å². The van der Waals surface area contributed by atoms with Gasteiger partial charge in [-0.15, -0.1) is 0 Å². The normalized spacial score (nSPS) is 15.6. The lowest BCUT2D eigenvalue weighted by Gasteiger charge is -2.31. The second-order valence-electron chi connectivity index (χ2n) is 5.49. The number of ether oxygens (including phenoxy) is 1. The third-order valence-corrected chi connectivity index (χ3v) is 4.04. The van der Waals surface area contributed by atoms with Gasteiger partial charge in [-0.25, -0.2) is 9.18 Å². The zero-order valence-corrected chi connectivity index (χ0v) is 12.2. The van der Waals surface area contributed by atoms with Crippen LogP contribution in [-0.4, -0.2) is 24.1 Å². The van der Waals surface area contributed by atoms with Crippen molar-refractivity contribution in [3.63, 3.8) is 0 Å². The van der Waals surface area contributed by atoms with Crippen LogP contribution in [0.1, 0.15) is 24.3 Å². The number of carbonyl (C=O) groups excluding carboxylic acids is 1. The van der Waals surface area contributed by atoms with Crippen molar-refractivity contribution in [2.45, 2.75) is 18.8 Å². The van der Waals surface area contributed by atoms with Gasteiger partial charge < -0.3 is 9.64 Å². The van der Waals surface area contributed by atoms with Crippen molar-refractivity contribution >= 4 is 6.09 Å². The van der Waals surface area contributed by atoms with E-state index in [1.54, 1.807) is 17.0 Å². The van der Waals surface area contributed by atoms with Gasteiger partial charge in [0.2, 0.25) is 0 Å². The second-order valence-corrected chi connectivity index (χ2v) is 5.49. The predicted octanol–water partition coefficient (Wildman–Crippen LogP) is 4.20. The Kier molecular flexibility index (Phi) is 4.37. The third-order valence-electron chi connectivity index (χ3n) is 4.04. The highest BCUT2D eigenvalue weighted by molar-refractivity contribution is 5.70. The maximum absolute atomic E-state index is 13.0. The van der Waals surface area contributed by atoms with E-state index >= 15 is 0 Å². The van der Waals surface area contributed by atoms with Gasteiger partial charge in [-0.1, -0.05) is 30.3 Å². The summed E-state index contributed by atoms with van der Waals surface area (Å²) in [6, 6.07) is 15.7. The Hall–Kier alpha value is -2.36. The first kappa shape index (κ1) is 14.6. The molecule has 0 aliphatic carbocycles. The molecule has 1 saturated heterocycles. The minimum atomic E-state index is -0.302. The average Bonchev–Trinajstić information content (AvgIpc) is 2.57. The summed E-state index contributed by atoms with van der Waals surface area (Å²) in [7, 11) is 0. The highest BCUT2D eigenvalue weighted by Gasteiger charge is 2.25. The second kappa shape index (κ2) is 6.60. The van der Waals surface area contributed by atoms with E-state index in [4.69, 9.17) is 4.74 Å². The summed E-state index contributed by atoms with van der Waals surface area (Å²) < 4.78 is 18.3. The average molecular weight is 299 g/mol. The van der Waals surface area contributed by atoms with Crippen molar-refractivity contribution < 1.29 is 13.9 Å². The Morgan fingerprint density at radius 1 is 1.00 bits per heavy atom.